The predicted molar refractivity (Wildman–Crippen MR) is 87.7 cm³/mol. The van der Waals surface area contributed by atoms with Crippen molar-refractivity contribution < 1.29 is 9.53 Å². The zero-order chi connectivity index (χ0) is 16.1. The van der Waals surface area contributed by atoms with Crippen LogP contribution in [0.3, 0.4) is 0 Å². The summed E-state index contributed by atoms with van der Waals surface area (Å²) in [6.45, 7) is 8.59. The Kier molecular flexibility index (Phi) is 5.40. The van der Waals surface area contributed by atoms with E-state index in [1.54, 1.807) is 12.4 Å². The standard InChI is InChI=1S/C16H25N5O2/c1-2-20-5-7-21(8-6-20)15-12-17-14(11-18-15)16(22)19-10-13-4-3-9-23-13/h11-13H,2-10H2,1H3,(H,19,22). The van der Waals surface area contributed by atoms with E-state index >= 15 is 0 Å². The second kappa shape index (κ2) is 7.70. The number of carbonyl (C=O) groups is 1. The summed E-state index contributed by atoms with van der Waals surface area (Å²) < 4.78 is 5.49. The third-order valence-corrected chi connectivity index (χ3v) is 4.53. The van der Waals surface area contributed by atoms with Gasteiger partial charge in [-0.2, -0.15) is 0 Å². The highest BCUT2D eigenvalue weighted by atomic mass is 16.5. The molecule has 7 heteroatoms. The van der Waals surface area contributed by atoms with Crippen molar-refractivity contribution in [2.24, 2.45) is 0 Å². The van der Waals surface area contributed by atoms with Gasteiger partial charge in [-0.1, -0.05) is 6.92 Å². The minimum Gasteiger partial charge on any atom is -0.376 e. The predicted octanol–water partition coefficient (Wildman–Crippen LogP) is 0.527. The molecular formula is C16H25N5O2. The molecule has 1 N–H and O–H groups in total. The van der Waals surface area contributed by atoms with Gasteiger partial charge in [-0.25, -0.2) is 9.97 Å². The molecule has 0 aliphatic carbocycles. The largest absolute Gasteiger partial charge is 0.376 e. The molecule has 2 aliphatic heterocycles. The number of carbonyl (C=O) groups excluding carboxylic acids is 1. The van der Waals surface area contributed by atoms with Crippen molar-refractivity contribution in [3.63, 3.8) is 0 Å². The highest BCUT2D eigenvalue weighted by Crippen LogP contribution is 2.13. The summed E-state index contributed by atoms with van der Waals surface area (Å²) in [6.07, 6.45) is 5.48. The summed E-state index contributed by atoms with van der Waals surface area (Å²) in [4.78, 5) is 25.4. The number of nitrogens with one attached hydrogen (secondary N) is 1. The number of ether oxygens (including phenoxy) is 1. The lowest BCUT2D eigenvalue weighted by Gasteiger charge is -2.34. The molecule has 1 amide bonds. The Labute approximate surface area is 137 Å². The summed E-state index contributed by atoms with van der Waals surface area (Å²) in [5.41, 5.74) is 0.360. The molecule has 0 bridgehead atoms. The summed E-state index contributed by atoms with van der Waals surface area (Å²) >= 11 is 0. The van der Waals surface area contributed by atoms with Gasteiger partial charge in [0, 0.05) is 39.3 Å². The first-order chi connectivity index (χ1) is 11.3. The number of nitrogens with zero attached hydrogens (tertiary/aromatic N) is 4. The molecule has 2 saturated heterocycles. The van der Waals surface area contributed by atoms with Gasteiger partial charge in [-0.3, -0.25) is 4.79 Å². The smallest absolute Gasteiger partial charge is 0.271 e. The molecule has 0 spiro atoms. The van der Waals surface area contributed by atoms with Crippen LogP contribution in [0.25, 0.3) is 0 Å². The number of likely N-dealkylation sites (N-methyl/N-ethyl adjacent to an activating group) is 1. The van der Waals surface area contributed by atoms with Crippen LogP contribution in [0.5, 0.6) is 0 Å². The first-order valence-corrected chi connectivity index (χ1v) is 8.45. The number of piperazine rings is 1. The minimum absolute atomic E-state index is 0.140. The van der Waals surface area contributed by atoms with Crippen LogP contribution < -0.4 is 10.2 Å². The van der Waals surface area contributed by atoms with Crippen molar-refractivity contribution in [1.82, 2.24) is 20.2 Å². The van der Waals surface area contributed by atoms with Crippen LogP contribution in [0, 0.1) is 0 Å². The number of hydrogen-bond acceptors (Lipinski definition) is 6. The maximum Gasteiger partial charge on any atom is 0.271 e. The van der Waals surface area contributed by atoms with Gasteiger partial charge in [0.25, 0.3) is 5.91 Å². The van der Waals surface area contributed by atoms with E-state index in [4.69, 9.17) is 4.74 Å². The van der Waals surface area contributed by atoms with Crippen LogP contribution >= 0.6 is 0 Å². The Hall–Kier alpha value is -1.73. The van der Waals surface area contributed by atoms with Crippen LogP contribution in [0.1, 0.15) is 30.3 Å². The summed E-state index contributed by atoms with van der Waals surface area (Å²) in [5, 5.41) is 2.87. The fraction of sp³-hybridized carbons (Fsp3) is 0.688. The van der Waals surface area contributed by atoms with E-state index in [1.165, 1.54) is 0 Å². The van der Waals surface area contributed by atoms with Gasteiger partial charge in [-0.15, -0.1) is 0 Å². The Morgan fingerprint density at radius 2 is 2.13 bits per heavy atom. The molecule has 1 unspecified atom stereocenters. The quantitative estimate of drug-likeness (QED) is 0.853. The number of aromatic nitrogens is 2. The summed E-state index contributed by atoms with van der Waals surface area (Å²) in [5.74, 6) is 0.659. The third kappa shape index (κ3) is 4.17. The highest BCUT2D eigenvalue weighted by molar-refractivity contribution is 5.92. The van der Waals surface area contributed by atoms with Gasteiger partial charge < -0.3 is 19.9 Å². The minimum atomic E-state index is -0.185. The van der Waals surface area contributed by atoms with Crippen LogP contribution in [0.15, 0.2) is 12.4 Å². The van der Waals surface area contributed by atoms with E-state index in [2.05, 4.69) is 32.0 Å². The van der Waals surface area contributed by atoms with Crippen molar-refractivity contribution in [1.29, 1.82) is 0 Å². The number of anilines is 1. The van der Waals surface area contributed by atoms with Crippen molar-refractivity contribution in [2.45, 2.75) is 25.9 Å². The van der Waals surface area contributed by atoms with E-state index in [9.17, 15) is 4.79 Å². The fourth-order valence-electron chi connectivity index (χ4n) is 3.00. The van der Waals surface area contributed by atoms with E-state index in [0.717, 1.165) is 58.0 Å². The zero-order valence-electron chi connectivity index (χ0n) is 13.7. The van der Waals surface area contributed by atoms with Crippen molar-refractivity contribution in [3.05, 3.63) is 18.1 Å². The lowest BCUT2D eigenvalue weighted by molar-refractivity contribution is 0.0853. The lowest BCUT2D eigenvalue weighted by Crippen LogP contribution is -2.46. The molecule has 0 aromatic carbocycles. The molecule has 1 aromatic rings. The summed E-state index contributed by atoms with van der Waals surface area (Å²) in [7, 11) is 0. The van der Waals surface area contributed by atoms with Crippen LogP contribution in [-0.4, -0.2) is 72.8 Å². The van der Waals surface area contributed by atoms with Gasteiger partial charge in [0.05, 0.1) is 18.5 Å². The molecule has 3 rings (SSSR count). The van der Waals surface area contributed by atoms with Gasteiger partial charge in [0.1, 0.15) is 11.5 Å². The molecule has 1 aromatic heterocycles. The average molecular weight is 319 g/mol. The number of amides is 1. The molecule has 0 saturated carbocycles. The van der Waals surface area contributed by atoms with Crippen LogP contribution in [-0.2, 0) is 4.74 Å². The molecule has 23 heavy (non-hydrogen) atoms. The summed E-state index contributed by atoms with van der Waals surface area (Å²) in [6, 6.07) is 0. The Morgan fingerprint density at radius 3 is 2.74 bits per heavy atom. The molecule has 2 aliphatic rings. The van der Waals surface area contributed by atoms with Crippen LogP contribution in [0.2, 0.25) is 0 Å². The first-order valence-electron chi connectivity index (χ1n) is 8.45. The van der Waals surface area contributed by atoms with Gasteiger partial charge in [-0.05, 0) is 19.4 Å². The molecule has 1 atom stereocenters. The second-order valence-electron chi connectivity index (χ2n) is 6.03. The number of rotatable bonds is 5. The zero-order valence-corrected chi connectivity index (χ0v) is 13.7. The maximum absolute atomic E-state index is 12.1. The van der Waals surface area contributed by atoms with E-state index in [1.807, 2.05) is 0 Å². The van der Waals surface area contributed by atoms with Crippen LogP contribution in [0.4, 0.5) is 5.82 Å². The molecule has 126 valence electrons. The molecule has 7 nitrogen and oxygen atoms in total. The Bertz CT molecular complexity index is 508. The topological polar surface area (TPSA) is 70.6 Å². The second-order valence-corrected chi connectivity index (χ2v) is 6.03. The van der Waals surface area contributed by atoms with Gasteiger partial charge in [0.15, 0.2) is 0 Å². The molecule has 3 heterocycles. The molecule has 2 fully saturated rings. The van der Waals surface area contributed by atoms with E-state index < -0.39 is 0 Å². The van der Waals surface area contributed by atoms with Gasteiger partial charge in [0.2, 0.25) is 0 Å². The Balaban J connectivity index is 1.51. The fourth-order valence-corrected chi connectivity index (χ4v) is 3.00. The average Bonchev–Trinajstić information content (AvgIpc) is 3.13. The van der Waals surface area contributed by atoms with Crippen molar-refractivity contribution in [3.8, 4) is 0 Å². The Morgan fingerprint density at radius 1 is 1.30 bits per heavy atom. The monoisotopic (exact) mass is 319 g/mol. The maximum atomic E-state index is 12.1. The number of hydrogen-bond donors (Lipinski definition) is 1. The van der Waals surface area contributed by atoms with Gasteiger partial charge >= 0.3 is 0 Å². The van der Waals surface area contributed by atoms with E-state index in [-0.39, 0.29) is 12.0 Å². The SMILES string of the molecule is CCN1CCN(c2cnc(C(=O)NCC3CCCO3)cn2)CC1. The highest BCUT2D eigenvalue weighted by Gasteiger charge is 2.19. The van der Waals surface area contributed by atoms with Crippen molar-refractivity contribution in [2.75, 3.05) is 50.8 Å². The normalized spacial score (nSPS) is 22.3. The van der Waals surface area contributed by atoms with E-state index in [0.29, 0.717) is 12.2 Å². The first kappa shape index (κ1) is 16.1. The molecule has 0 radical (unpaired) electrons. The lowest BCUT2D eigenvalue weighted by atomic mass is 10.2. The third-order valence-electron chi connectivity index (χ3n) is 4.53. The van der Waals surface area contributed by atoms with Crippen molar-refractivity contribution >= 4 is 11.7 Å². The molecular weight excluding hydrogens is 294 g/mol.